The highest BCUT2D eigenvalue weighted by molar-refractivity contribution is 6.28. The molecule has 1 N–H and O–H groups in total. The fraction of sp³-hybridized carbons (Fsp3) is 0.0370. The first-order chi connectivity index (χ1) is 15.7. The molecule has 0 heterocycles. The Hall–Kier alpha value is -4.38. The highest BCUT2D eigenvalue weighted by atomic mass is 16.5. The van der Waals surface area contributed by atoms with Gasteiger partial charge in [0, 0.05) is 5.56 Å². The van der Waals surface area contributed by atoms with Gasteiger partial charge in [0.1, 0.15) is 17.3 Å². The summed E-state index contributed by atoms with van der Waals surface area (Å²) in [5.41, 5.74) is 2.25. The van der Waals surface area contributed by atoms with E-state index in [2.05, 4.69) is 0 Å². The van der Waals surface area contributed by atoms with Gasteiger partial charge in [0.15, 0.2) is 0 Å². The average molecular weight is 422 g/mol. The molecule has 5 nitrogen and oxygen atoms in total. The molecule has 32 heavy (non-hydrogen) atoms. The average Bonchev–Trinajstić information content (AvgIpc) is 2.85. The molecule has 0 atom stereocenters. The Morgan fingerprint density at radius 1 is 0.781 bits per heavy atom. The van der Waals surface area contributed by atoms with E-state index in [-0.39, 0.29) is 17.2 Å². The first-order valence-corrected chi connectivity index (χ1v) is 10.1. The van der Waals surface area contributed by atoms with Crippen LogP contribution in [0.15, 0.2) is 114 Å². The van der Waals surface area contributed by atoms with E-state index in [1.54, 1.807) is 25.3 Å². The molecule has 5 heteroatoms. The summed E-state index contributed by atoms with van der Waals surface area (Å²) in [5, 5.41) is 10.4. The highest BCUT2D eigenvalue weighted by Crippen LogP contribution is 2.27. The maximum Gasteiger partial charge on any atom is 0.267 e. The Balaban J connectivity index is 1.91. The number of hydrogen-bond donors (Lipinski definition) is 1. The van der Waals surface area contributed by atoms with Crippen LogP contribution in [0.25, 0.3) is 0 Å². The van der Waals surface area contributed by atoms with Gasteiger partial charge in [-0.15, -0.1) is 0 Å². The largest absolute Gasteiger partial charge is 0.507 e. The standard InChI is InChI=1S/C27H22N2O3/c1-32-23-18-16-21(17-19-23)28-26(20-10-4-2-5-11-20)29(22-12-6-3-7-13-22)27(31)24-14-8-9-15-25(24)30/h2-19,30H,1H3. The predicted molar refractivity (Wildman–Crippen MR) is 127 cm³/mol. The lowest BCUT2D eigenvalue weighted by molar-refractivity contribution is 0.1000. The van der Waals surface area contributed by atoms with Crippen LogP contribution in [-0.2, 0) is 0 Å². The number of methoxy groups -OCH3 is 1. The number of ether oxygens (including phenoxy) is 1. The minimum absolute atomic E-state index is 0.0877. The number of nitrogens with zero attached hydrogens (tertiary/aromatic N) is 2. The van der Waals surface area contributed by atoms with Crippen LogP contribution in [0.4, 0.5) is 11.4 Å². The van der Waals surface area contributed by atoms with E-state index >= 15 is 0 Å². The van der Waals surface area contributed by atoms with Crippen molar-refractivity contribution in [2.75, 3.05) is 12.0 Å². The SMILES string of the molecule is COc1ccc(N=C(c2ccccc2)N(C(=O)c2ccccc2O)c2ccccc2)cc1. The highest BCUT2D eigenvalue weighted by Gasteiger charge is 2.26. The van der Waals surface area contributed by atoms with Gasteiger partial charge in [0.05, 0.1) is 24.0 Å². The molecule has 0 aliphatic heterocycles. The Kier molecular flexibility index (Phi) is 6.28. The molecule has 0 saturated heterocycles. The summed E-state index contributed by atoms with van der Waals surface area (Å²) < 4.78 is 5.24. The van der Waals surface area contributed by atoms with Gasteiger partial charge < -0.3 is 9.84 Å². The summed E-state index contributed by atoms with van der Waals surface area (Å²) in [6.45, 7) is 0. The summed E-state index contributed by atoms with van der Waals surface area (Å²) >= 11 is 0. The molecule has 1 amide bonds. The third kappa shape index (κ3) is 4.52. The molecule has 0 fully saturated rings. The molecule has 4 aromatic rings. The third-order valence-corrected chi connectivity index (χ3v) is 4.90. The number of carbonyl (C=O) groups excluding carboxylic acids is 1. The topological polar surface area (TPSA) is 62.1 Å². The van der Waals surface area contributed by atoms with Crippen molar-refractivity contribution in [2.24, 2.45) is 4.99 Å². The molecule has 0 aromatic heterocycles. The second kappa shape index (κ2) is 9.62. The summed E-state index contributed by atoms with van der Waals surface area (Å²) in [6.07, 6.45) is 0. The van der Waals surface area contributed by atoms with Crippen LogP contribution in [0.3, 0.4) is 0 Å². The Bertz CT molecular complexity index is 1220. The number of anilines is 1. The van der Waals surface area contributed by atoms with E-state index < -0.39 is 0 Å². The maximum atomic E-state index is 13.7. The molecule has 4 rings (SSSR count). The molecular weight excluding hydrogens is 400 g/mol. The summed E-state index contributed by atoms with van der Waals surface area (Å²) in [7, 11) is 1.61. The van der Waals surface area contributed by atoms with E-state index in [9.17, 15) is 9.90 Å². The molecule has 0 aliphatic rings. The number of phenols is 1. The molecule has 0 unspecified atom stereocenters. The fourth-order valence-corrected chi connectivity index (χ4v) is 3.30. The molecular formula is C27H22N2O3. The number of aromatic hydroxyl groups is 1. The van der Waals surface area contributed by atoms with Gasteiger partial charge in [-0.2, -0.15) is 0 Å². The Labute approximate surface area is 186 Å². The molecule has 0 radical (unpaired) electrons. The zero-order chi connectivity index (χ0) is 22.3. The molecule has 4 aromatic carbocycles. The quantitative estimate of drug-likeness (QED) is 0.325. The van der Waals surface area contributed by atoms with Gasteiger partial charge >= 0.3 is 0 Å². The lowest BCUT2D eigenvalue weighted by Gasteiger charge is -2.25. The van der Waals surface area contributed by atoms with Crippen molar-refractivity contribution in [1.29, 1.82) is 0 Å². The lowest BCUT2D eigenvalue weighted by atomic mass is 10.1. The van der Waals surface area contributed by atoms with E-state index in [0.717, 1.165) is 11.3 Å². The number of hydrogen-bond acceptors (Lipinski definition) is 4. The Morgan fingerprint density at radius 2 is 1.38 bits per heavy atom. The van der Waals surface area contributed by atoms with Crippen molar-refractivity contribution in [2.45, 2.75) is 0 Å². The summed E-state index contributed by atoms with van der Waals surface area (Å²) in [5.74, 6) is 0.686. The zero-order valence-electron chi connectivity index (χ0n) is 17.6. The minimum Gasteiger partial charge on any atom is -0.507 e. The number of aliphatic imine (C=N–C) groups is 1. The van der Waals surface area contributed by atoms with Crippen LogP contribution in [0, 0.1) is 0 Å². The van der Waals surface area contributed by atoms with E-state index in [4.69, 9.17) is 9.73 Å². The van der Waals surface area contributed by atoms with Crippen molar-refractivity contribution in [3.63, 3.8) is 0 Å². The normalized spacial score (nSPS) is 11.1. The second-order valence-corrected chi connectivity index (χ2v) is 6.99. The number of amides is 1. The molecule has 0 spiro atoms. The van der Waals surface area contributed by atoms with E-state index in [0.29, 0.717) is 17.2 Å². The van der Waals surface area contributed by atoms with Crippen LogP contribution < -0.4 is 9.64 Å². The first-order valence-electron chi connectivity index (χ1n) is 10.1. The zero-order valence-corrected chi connectivity index (χ0v) is 17.6. The predicted octanol–water partition coefficient (Wildman–Crippen LogP) is 5.83. The van der Waals surface area contributed by atoms with Crippen molar-refractivity contribution in [3.05, 3.63) is 120 Å². The van der Waals surface area contributed by atoms with Crippen LogP contribution in [0.1, 0.15) is 15.9 Å². The first kappa shape index (κ1) is 20.9. The van der Waals surface area contributed by atoms with Gasteiger partial charge in [0.2, 0.25) is 0 Å². The number of carbonyl (C=O) groups is 1. The molecule has 158 valence electrons. The lowest BCUT2D eigenvalue weighted by Crippen LogP contribution is -2.37. The van der Waals surface area contributed by atoms with Crippen LogP contribution in [-0.4, -0.2) is 24.0 Å². The number of rotatable bonds is 5. The number of para-hydroxylation sites is 2. The number of phenolic OH excluding ortho intramolecular Hbond substituents is 1. The van der Waals surface area contributed by atoms with Crippen LogP contribution >= 0.6 is 0 Å². The monoisotopic (exact) mass is 422 g/mol. The van der Waals surface area contributed by atoms with Gasteiger partial charge in [-0.25, -0.2) is 4.99 Å². The second-order valence-electron chi connectivity index (χ2n) is 6.99. The smallest absolute Gasteiger partial charge is 0.267 e. The van der Waals surface area contributed by atoms with Crippen molar-refractivity contribution in [1.82, 2.24) is 0 Å². The summed E-state index contributed by atoms with van der Waals surface area (Å²) in [4.78, 5) is 20.1. The van der Waals surface area contributed by atoms with E-state index in [1.165, 1.54) is 11.0 Å². The van der Waals surface area contributed by atoms with Crippen molar-refractivity contribution >= 4 is 23.1 Å². The molecule has 0 bridgehead atoms. The van der Waals surface area contributed by atoms with Crippen LogP contribution in [0.5, 0.6) is 11.5 Å². The van der Waals surface area contributed by atoms with Gasteiger partial charge in [0.25, 0.3) is 5.91 Å². The minimum atomic E-state index is -0.384. The van der Waals surface area contributed by atoms with Crippen molar-refractivity contribution in [3.8, 4) is 11.5 Å². The number of benzene rings is 4. The van der Waals surface area contributed by atoms with Crippen molar-refractivity contribution < 1.29 is 14.6 Å². The van der Waals surface area contributed by atoms with Crippen LogP contribution in [0.2, 0.25) is 0 Å². The van der Waals surface area contributed by atoms with Gasteiger partial charge in [-0.05, 0) is 48.5 Å². The Morgan fingerprint density at radius 3 is 2.00 bits per heavy atom. The van der Waals surface area contributed by atoms with Gasteiger partial charge in [-0.1, -0.05) is 60.7 Å². The van der Waals surface area contributed by atoms with Gasteiger partial charge in [-0.3, -0.25) is 9.69 Å². The molecule has 0 aliphatic carbocycles. The third-order valence-electron chi connectivity index (χ3n) is 4.90. The van der Waals surface area contributed by atoms with E-state index in [1.807, 2.05) is 84.9 Å². The fourth-order valence-electron chi connectivity index (χ4n) is 3.30. The maximum absolute atomic E-state index is 13.7. The summed E-state index contributed by atoms with van der Waals surface area (Å²) in [6, 6.07) is 32.6. The number of amidine groups is 1. The molecule has 0 saturated carbocycles.